The van der Waals surface area contributed by atoms with Crippen molar-refractivity contribution < 1.29 is 9.53 Å². The summed E-state index contributed by atoms with van der Waals surface area (Å²) in [6, 6.07) is 0. The lowest BCUT2D eigenvalue weighted by Crippen LogP contribution is -2.48. The van der Waals surface area contributed by atoms with E-state index in [2.05, 4.69) is 10.3 Å². The summed E-state index contributed by atoms with van der Waals surface area (Å²) in [6.07, 6.45) is 2.43. The second kappa shape index (κ2) is 6.42. The molecule has 6 heteroatoms. The Labute approximate surface area is 129 Å². The van der Waals surface area contributed by atoms with E-state index in [-0.39, 0.29) is 18.1 Å². The number of nitrogens with one attached hydrogen (secondary N) is 1. The van der Waals surface area contributed by atoms with Crippen molar-refractivity contribution >= 4 is 17.2 Å². The Hall–Kier alpha value is -0.980. The second-order valence-corrected chi connectivity index (χ2v) is 6.95. The number of piperidine rings is 1. The van der Waals surface area contributed by atoms with Gasteiger partial charge in [-0.3, -0.25) is 4.79 Å². The number of morpholine rings is 1. The van der Waals surface area contributed by atoms with Crippen molar-refractivity contribution in [3.63, 3.8) is 0 Å². The van der Waals surface area contributed by atoms with Gasteiger partial charge in [0, 0.05) is 24.4 Å². The smallest absolute Gasteiger partial charge is 0.273 e. The van der Waals surface area contributed by atoms with Crippen LogP contribution in [-0.4, -0.2) is 54.2 Å². The maximum absolute atomic E-state index is 12.6. The monoisotopic (exact) mass is 309 g/mol. The Morgan fingerprint density at radius 3 is 2.67 bits per heavy atom. The molecule has 2 unspecified atom stereocenters. The summed E-state index contributed by atoms with van der Waals surface area (Å²) in [5.41, 5.74) is 0.606. The summed E-state index contributed by atoms with van der Waals surface area (Å²) < 4.78 is 5.68. The van der Waals surface area contributed by atoms with Crippen LogP contribution in [0.5, 0.6) is 0 Å². The van der Waals surface area contributed by atoms with Crippen LogP contribution in [0.2, 0.25) is 0 Å². The number of ether oxygens (including phenoxy) is 1. The van der Waals surface area contributed by atoms with Crippen molar-refractivity contribution in [1.82, 2.24) is 15.2 Å². The van der Waals surface area contributed by atoms with Crippen LogP contribution >= 0.6 is 11.3 Å². The predicted octanol–water partition coefficient (Wildman–Crippen LogP) is 1.86. The quantitative estimate of drug-likeness (QED) is 0.906. The lowest BCUT2D eigenvalue weighted by molar-refractivity contribution is -0.0587. The minimum Gasteiger partial charge on any atom is -0.372 e. The van der Waals surface area contributed by atoms with Gasteiger partial charge in [-0.1, -0.05) is 0 Å². The minimum absolute atomic E-state index is 0.0495. The largest absolute Gasteiger partial charge is 0.372 e. The molecule has 0 radical (unpaired) electrons. The van der Waals surface area contributed by atoms with E-state index in [1.807, 2.05) is 24.1 Å². The summed E-state index contributed by atoms with van der Waals surface area (Å²) >= 11 is 1.63. The molecule has 2 aliphatic rings. The van der Waals surface area contributed by atoms with Crippen molar-refractivity contribution in [3.8, 4) is 0 Å². The van der Waals surface area contributed by atoms with Gasteiger partial charge in [-0.25, -0.2) is 4.98 Å². The molecule has 0 bridgehead atoms. The molecular weight excluding hydrogens is 286 g/mol. The zero-order valence-corrected chi connectivity index (χ0v) is 13.5. The molecule has 0 aliphatic carbocycles. The van der Waals surface area contributed by atoms with Gasteiger partial charge >= 0.3 is 0 Å². The van der Waals surface area contributed by atoms with Crippen molar-refractivity contribution in [2.75, 3.05) is 26.2 Å². The summed E-state index contributed by atoms with van der Waals surface area (Å²) in [4.78, 5) is 19.1. The molecule has 0 aromatic carbocycles. The van der Waals surface area contributed by atoms with Gasteiger partial charge in [-0.2, -0.15) is 0 Å². The molecular formula is C15H23N3O2S. The first-order valence-electron chi connectivity index (χ1n) is 7.74. The highest BCUT2D eigenvalue weighted by Crippen LogP contribution is 2.28. The maximum atomic E-state index is 12.6. The first kappa shape index (κ1) is 14.9. The number of hydrogen-bond acceptors (Lipinski definition) is 5. The van der Waals surface area contributed by atoms with Crippen LogP contribution < -0.4 is 5.32 Å². The Morgan fingerprint density at radius 2 is 2.00 bits per heavy atom. The van der Waals surface area contributed by atoms with Gasteiger partial charge in [-0.15, -0.1) is 11.3 Å². The van der Waals surface area contributed by atoms with Crippen molar-refractivity contribution in [2.24, 2.45) is 0 Å². The fraction of sp³-hybridized carbons (Fsp3) is 0.733. The van der Waals surface area contributed by atoms with Crippen LogP contribution in [0.1, 0.15) is 48.1 Å². The molecule has 1 amide bonds. The first-order valence-corrected chi connectivity index (χ1v) is 8.62. The molecule has 1 aromatic rings. The standard InChI is InChI=1S/C15H23N3O2S/c1-10-7-18(8-11(2)20-10)15(19)13-9-21-14(17-13)12-3-5-16-6-4-12/h9-12,16H,3-8H2,1-2H3. The normalized spacial score (nSPS) is 27.8. The van der Waals surface area contributed by atoms with E-state index in [4.69, 9.17) is 4.74 Å². The zero-order chi connectivity index (χ0) is 14.8. The third kappa shape index (κ3) is 3.44. The molecule has 116 valence electrons. The lowest BCUT2D eigenvalue weighted by Gasteiger charge is -2.34. The molecule has 3 heterocycles. The van der Waals surface area contributed by atoms with E-state index in [9.17, 15) is 4.79 Å². The molecule has 3 rings (SSSR count). The molecule has 2 fully saturated rings. The zero-order valence-electron chi connectivity index (χ0n) is 12.7. The Morgan fingerprint density at radius 1 is 1.33 bits per heavy atom. The Balaban J connectivity index is 1.68. The first-order chi connectivity index (χ1) is 10.1. The predicted molar refractivity (Wildman–Crippen MR) is 82.9 cm³/mol. The number of nitrogens with zero attached hydrogens (tertiary/aromatic N) is 2. The average Bonchev–Trinajstić information content (AvgIpc) is 2.96. The maximum Gasteiger partial charge on any atom is 0.273 e. The number of aromatic nitrogens is 1. The van der Waals surface area contributed by atoms with Crippen molar-refractivity contribution in [3.05, 3.63) is 16.1 Å². The molecule has 0 saturated carbocycles. The third-order valence-corrected chi connectivity index (χ3v) is 5.14. The number of rotatable bonds is 2. The van der Waals surface area contributed by atoms with E-state index in [0.29, 0.717) is 24.7 Å². The van der Waals surface area contributed by atoms with Crippen LogP contribution in [0.4, 0.5) is 0 Å². The Bertz CT molecular complexity index is 489. The summed E-state index contributed by atoms with van der Waals surface area (Å²) in [6.45, 7) is 7.43. The fourth-order valence-corrected chi connectivity index (χ4v) is 4.11. The van der Waals surface area contributed by atoms with Crippen LogP contribution in [-0.2, 0) is 4.74 Å². The van der Waals surface area contributed by atoms with Gasteiger partial charge in [0.2, 0.25) is 0 Å². The van der Waals surface area contributed by atoms with Crippen molar-refractivity contribution in [2.45, 2.75) is 44.8 Å². The molecule has 1 aromatic heterocycles. The molecule has 0 spiro atoms. The highest BCUT2D eigenvalue weighted by Gasteiger charge is 2.28. The summed E-state index contributed by atoms with van der Waals surface area (Å²) in [7, 11) is 0. The van der Waals surface area contributed by atoms with E-state index in [1.54, 1.807) is 11.3 Å². The van der Waals surface area contributed by atoms with Gasteiger partial charge in [0.1, 0.15) is 5.69 Å². The molecule has 2 atom stereocenters. The van der Waals surface area contributed by atoms with Gasteiger partial charge in [-0.05, 0) is 39.8 Å². The second-order valence-electron chi connectivity index (χ2n) is 6.06. The molecule has 1 N–H and O–H groups in total. The van der Waals surface area contributed by atoms with Gasteiger partial charge in [0.15, 0.2) is 0 Å². The highest BCUT2D eigenvalue weighted by atomic mass is 32.1. The SMILES string of the molecule is CC1CN(C(=O)c2csc(C3CCNCC3)n2)CC(C)O1. The average molecular weight is 309 g/mol. The van der Waals surface area contributed by atoms with Gasteiger partial charge in [0.05, 0.1) is 17.2 Å². The number of amides is 1. The third-order valence-electron chi connectivity index (χ3n) is 4.14. The summed E-state index contributed by atoms with van der Waals surface area (Å²) in [5.74, 6) is 0.564. The highest BCUT2D eigenvalue weighted by molar-refractivity contribution is 7.09. The van der Waals surface area contributed by atoms with E-state index < -0.39 is 0 Å². The van der Waals surface area contributed by atoms with E-state index >= 15 is 0 Å². The van der Waals surface area contributed by atoms with Crippen molar-refractivity contribution in [1.29, 1.82) is 0 Å². The number of thiazole rings is 1. The van der Waals surface area contributed by atoms with Crippen LogP contribution in [0.25, 0.3) is 0 Å². The van der Waals surface area contributed by atoms with E-state index in [0.717, 1.165) is 30.9 Å². The van der Waals surface area contributed by atoms with Crippen LogP contribution in [0.15, 0.2) is 5.38 Å². The van der Waals surface area contributed by atoms with Crippen LogP contribution in [0, 0.1) is 0 Å². The number of carbonyl (C=O) groups is 1. The molecule has 2 aliphatic heterocycles. The molecule has 2 saturated heterocycles. The van der Waals surface area contributed by atoms with Crippen LogP contribution in [0.3, 0.4) is 0 Å². The fourth-order valence-electron chi connectivity index (χ4n) is 3.15. The Kier molecular flexibility index (Phi) is 4.57. The summed E-state index contributed by atoms with van der Waals surface area (Å²) in [5, 5.41) is 6.40. The minimum atomic E-state index is 0.0495. The molecule has 5 nitrogen and oxygen atoms in total. The lowest BCUT2D eigenvalue weighted by atomic mass is 9.99. The molecule has 21 heavy (non-hydrogen) atoms. The van der Waals surface area contributed by atoms with Gasteiger partial charge < -0.3 is 15.0 Å². The number of hydrogen-bond donors (Lipinski definition) is 1. The van der Waals surface area contributed by atoms with Gasteiger partial charge in [0.25, 0.3) is 5.91 Å². The number of carbonyl (C=O) groups excluding carboxylic acids is 1. The topological polar surface area (TPSA) is 54.5 Å². The van der Waals surface area contributed by atoms with E-state index in [1.165, 1.54) is 0 Å².